The number of fused-ring (bicyclic) bond motifs is 1. The number of carboxylic acids is 1. The zero-order valence-electron chi connectivity index (χ0n) is 18.1. The Bertz CT molecular complexity index is 1380. The first-order chi connectivity index (χ1) is 16.3. The Labute approximate surface area is 196 Å². The SMILES string of the molecule is N#CCCN1CCN(c2cc(C(=O)O)c3cc(NS(=O)(=O)c4cccc(F)c4)ccc3n2)CC1. The Morgan fingerprint density at radius 1 is 1.15 bits per heavy atom. The molecule has 2 heterocycles. The monoisotopic (exact) mass is 483 g/mol. The van der Waals surface area contributed by atoms with Crippen molar-refractivity contribution in [1.29, 1.82) is 5.26 Å². The average molecular weight is 484 g/mol. The van der Waals surface area contributed by atoms with E-state index in [-0.39, 0.29) is 21.5 Å². The van der Waals surface area contributed by atoms with E-state index in [0.717, 1.165) is 25.2 Å². The fourth-order valence-electron chi connectivity index (χ4n) is 3.87. The summed E-state index contributed by atoms with van der Waals surface area (Å²) < 4.78 is 41.1. The molecule has 0 atom stereocenters. The zero-order chi connectivity index (χ0) is 24.3. The van der Waals surface area contributed by atoms with Crippen LogP contribution in [-0.2, 0) is 10.0 Å². The van der Waals surface area contributed by atoms with Gasteiger partial charge in [-0.2, -0.15) is 5.26 Å². The van der Waals surface area contributed by atoms with Crippen LogP contribution in [0, 0.1) is 17.1 Å². The van der Waals surface area contributed by atoms with Crippen LogP contribution >= 0.6 is 0 Å². The number of nitriles is 1. The number of benzene rings is 2. The fourth-order valence-corrected chi connectivity index (χ4v) is 4.95. The van der Waals surface area contributed by atoms with Crippen LogP contribution in [0.5, 0.6) is 0 Å². The van der Waals surface area contributed by atoms with Gasteiger partial charge in [-0.3, -0.25) is 9.62 Å². The lowest BCUT2D eigenvalue weighted by Crippen LogP contribution is -2.46. The van der Waals surface area contributed by atoms with Gasteiger partial charge in [0.05, 0.1) is 22.0 Å². The van der Waals surface area contributed by atoms with Crippen LogP contribution in [0.15, 0.2) is 53.4 Å². The van der Waals surface area contributed by atoms with Crippen LogP contribution in [0.2, 0.25) is 0 Å². The highest BCUT2D eigenvalue weighted by Crippen LogP contribution is 2.28. The molecule has 176 valence electrons. The molecule has 9 nitrogen and oxygen atoms in total. The number of carboxylic acid groups (broad SMARTS) is 1. The lowest BCUT2D eigenvalue weighted by Gasteiger charge is -2.35. The van der Waals surface area contributed by atoms with Crippen molar-refractivity contribution in [2.45, 2.75) is 11.3 Å². The van der Waals surface area contributed by atoms with E-state index in [4.69, 9.17) is 5.26 Å². The van der Waals surface area contributed by atoms with Gasteiger partial charge in [-0.1, -0.05) is 6.07 Å². The Hall–Kier alpha value is -3.75. The topological polar surface area (TPSA) is 127 Å². The van der Waals surface area contributed by atoms with Gasteiger partial charge in [0.2, 0.25) is 0 Å². The van der Waals surface area contributed by atoms with Crippen molar-refractivity contribution in [3.05, 3.63) is 59.9 Å². The minimum absolute atomic E-state index is 0.00119. The highest BCUT2D eigenvalue weighted by molar-refractivity contribution is 7.92. The number of nitrogens with one attached hydrogen (secondary N) is 1. The molecule has 4 rings (SSSR count). The van der Waals surface area contributed by atoms with Gasteiger partial charge in [-0.15, -0.1) is 0 Å². The van der Waals surface area contributed by atoms with E-state index in [0.29, 0.717) is 37.4 Å². The summed E-state index contributed by atoms with van der Waals surface area (Å²) in [4.78, 5) is 20.5. The first kappa shape index (κ1) is 23.4. The molecule has 1 aliphatic rings. The van der Waals surface area contributed by atoms with Crippen LogP contribution in [0.1, 0.15) is 16.8 Å². The van der Waals surface area contributed by atoms with Gasteiger partial charge in [-0.05, 0) is 42.5 Å². The van der Waals surface area contributed by atoms with Crippen molar-refractivity contribution < 1.29 is 22.7 Å². The smallest absolute Gasteiger partial charge is 0.336 e. The first-order valence-electron chi connectivity index (χ1n) is 10.6. The molecule has 3 aromatic rings. The van der Waals surface area contributed by atoms with Gasteiger partial charge in [0.15, 0.2) is 0 Å². The van der Waals surface area contributed by atoms with Crippen molar-refractivity contribution in [3.63, 3.8) is 0 Å². The number of aromatic nitrogens is 1. The Kier molecular flexibility index (Phi) is 6.63. The quantitative estimate of drug-likeness (QED) is 0.525. The van der Waals surface area contributed by atoms with Crippen molar-refractivity contribution in [2.24, 2.45) is 0 Å². The van der Waals surface area contributed by atoms with E-state index in [1.54, 1.807) is 6.07 Å². The van der Waals surface area contributed by atoms with Gasteiger partial charge >= 0.3 is 5.97 Å². The molecule has 1 aliphatic heterocycles. The summed E-state index contributed by atoms with van der Waals surface area (Å²) in [6, 6.07) is 12.7. The van der Waals surface area contributed by atoms with E-state index in [9.17, 15) is 22.7 Å². The molecule has 0 radical (unpaired) electrons. The van der Waals surface area contributed by atoms with Gasteiger partial charge in [0, 0.05) is 50.2 Å². The van der Waals surface area contributed by atoms with Crippen molar-refractivity contribution >= 4 is 38.4 Å². The van der Waals surface area contributed by atoms with E-state index in [1.165, 1.54) is 30.3 Å². The summed E-state index contributed by atoms with van der Waals surface area (Å²) in [5, 5.41) is 18.8. The number of hydrogen-bond acceptors (Lipinski definition) is 7. The second kappa shape index (κ2) is 9.62. The summed E-state index contributed by atoms with van der Waals surface area (Å²) in [5.74, 6) is -1.32. The molecule has 2 aromatic carbocycles. The standard InChI is InChI=1S/C23H22FN5O4S/c24-16-3-1-4-18(13-16)34(32,33)27-17-5-6-21-19(14-17)20(23(30)31)15-22(26-21)29-11-9-28(10-12-29)8-2-7-25/h1,3-6,13-15,27H,2,8-12H2,(H,30,31). The molecule has 0 aliphatic carbocycles. The minimum Gasteiger partial charge on any atom is -0.478 e. The van der Waals surface area contributed by atoms with E-state index >= 15 is 0 Å². The third kappa shape index (κ3) is 5.08. The Morgan fingerprint density at radius 3 is 2.59 bits per heavy atom. The molecule has 11 heteroatoms. The number of aromatic carboxylic acids is 1. The molecule has 0 bridgehead atoms. The van der Waals surface area contributed by atoms with Crippen molar-refractivity contribution in [1.82, 2.24) is 9.88 Å². The molecule has 0 spiro atoms. The molecule has 1 saturated heterocycles. The summed E-state index contributed by atoms with van der Waals surface area (Å²) in [6.07, 6.45) is 0.461. The van der Waals surface area contributed by atoms with Gasteiger partial charge < -0.3 is 10.0 Å². The number of nitrogens with zero attached hydrogens (tertiary/aromatic N) is 4. The maximum Gasteiger partial charge on any atom is 0.336 e. The predicted molar refractivity (Wildman–Crippen MR) is 125 cm³/mol. The second-order valence-electron chi connectivity index (χ2n) is 7.86. The molecule has 0 amide bonds. The third-order valence-electron chi connectivity index (χ3n) is 5.62. The van der Waals surface area contributed by atoms with Crippen LogP contribution < -0.4 is 9.62 Å². The Balaban J connectivity index is 1.62. The number of piperazine rings is 1. The summed E-state index contributed by atoms with van der Waals surface area (Å²) in [7, 11) is -4.07. The highest BCUT2D eigenvalue weighted by atomic mass is 32.2. The van der Waals surface area contributed by atoms with Gasteiger partial charge in [-0.25, -0.2) is 22.6 Å². The van der Waals surface area contributed by atoms with Crippen LogP contribution in [0.3, 0.4) is 0 Å². The second-order valence-corrected chi connectivity index (χ2v) is 9.55. The predicted octanol–water partition coefficient (Wildman–Crippen LogP) is 2.91. The zero-order valence-corrected chi connectivity index (χ0v) is 18.9. The average Bonchev–Trinajstić information content (AvgIpc) is 2.82. The lowest BCUT2D eigenvalue weighted by atomic mass is 10.1. The number of rotatable bonds is 7. The molecule has 34 heavy (non-hydrogen) atoms. The van der Waals surface area contributed by atoms with E-state index < -0.39 is 21.8 Å². The summed E-state index contributed by atoms with van der Waals surface area (Å²) in [6.45, 7) is 3.47. The lowest BCUT2D eigenvalue weighted by molar-refractivity contribution is 0.0699. The molecule has 1 aromatic heterocycles. The van der Waals surface area contributed by atoms with Crippen molar-refractivity contribution in [3.8, 4) is 6.07 Å². The normalized spacial score (nSPS) is 14.6. The molecule has 0 unspecified atom stereocenters. The number of halogens is 1. The molecule has 1 fully saturated rings. The van der Waals surface area contributed by atoms with Gasteiger partial charge in [0.25, 0.3) is 10.0 Å². The summed E-state index contributed by atoms with van der Waals surface area (Å²) >= 11 is 0. The number of hydrogen-bond donors (Lipinski definition) is 2. The van der Waals surface area contributed by atoms with E-state index in [2.05, 4.69) is 20.7 Å². The molecular formula is C23H22FN5O4S. The third-order valence-corrected chi connectivity index (χ3v) is 7.00. The van der Waals surface area contributed by atoms with E-state index in [1.807, 2.05) is 4.90 Å². The highest BCUT2D eigenvalue weighted by Gasteiger charge is 2.21. The maximum absolute atomic E-state index is 13.5. The van der Waals surface area contributed by atoms with Gasteiger partial charge in [0.1, 0.15) is 11.6 Å². The molecular weight excluding hydrogens is 461 g/mol. The van der Waals surface area contributed by atoms with Crippen LogP contribution in [-0.4, -0.2) is 62.1 Å². The first-order valence-corrected chi connectivity index (χ1v) is 12.1. The number of pyridine rings is 1. The fraction of sp³-hybridized carbons (Fsp3) is 0.261. The largest absolute Gasteiger partial charge is 0.478 e. The maximum atomic E-state index is 13.5. The summed E-state index contributed by atoms with van der Waals surface area (Å²) in [5.41, 5.74) is 0.550. The minimum atomic E-state index is -4.07. The molecule has 0 saturated carbocycles. The van der Waals surface area contributed by atoms with Crippen molar-refractivity contribution in [2.75, 3.05) is 42.3 Å². The Morgan fingerprint density at radius 2 is 1.91 bits per heavy atom. The van der Waals surface area contributed by atoms with Crippen LogP contribution in [0.4, 0.5) is 15.9 Å². The number of sulfonamides is 1. The van der Waals surface area contributed by atoms with Crippen LogP contribution in [0.25, 0.3) is 10.9 Å². The number of carbonyl (C=O) groups is 1. The number of anilines is 2. The molecule has 2 N–H and O–H groups in total.